The second-order valence-electron chi connectivity index (χ2n) is 32.1. The molecule has 2 unspecified atom stereocenters. The van der Waals surface area contributed by atoms with Crippen molar-refractivity contribution in [2.45, 2.75) is 243 Å². The van der Waals surface area contributed by atoms with E-state index in [1.807, 2.05) is 114 Å². The van der Waals surface area contributed by atoms with Gasteiger partial charge in [0, 0.05) is 112 Å². The van der Waals surface area contributed by atoms with Crippen LogP contribution in [-0.4, -0.2) is 141 Å². The Hall–Kier alpha value is -5.37. The number of pyridine rings is 1. The summed E-state index contributed by atoms with van der Waals surface area (Å²) in [6.07, 6.45) is 25.3. The molecule has 4 fully saturated rings. The third kappa shape index (κ3) is 44.0. The van der Waals surface area contributed by atoms with Crippen molar-refractivity contribution < 1.29 is 28.7 Å². The van der Waals surface area contributed by atoms with Gasteiger partial charge in [0.1, 0.15) is 41.0 Å². The monoisotopic (exact) mass is 2030 g/mol. The largest absolute Gasteiger partial charge is 0.482 e. The van der Waals surface area contributed by atoms with Crippen molar-refractivity contribution in [2.24, 2.45) is 17.8 Å². The molecule has 4 aliphatic heterocycles. The number of nitrogens with zero attached hydrogens (tertiary/aromatic N) is 4. The fourth-order valence-corrected chi connectivity index (χ4v) is 14.7. The maximum atomic E-state index is 12.0. The first-order valence-corrected chi connectivity index (χ1v) is 50.7. The van der Waals surface area contributed by atoms with E-state index < -0.39 is 0 Å². The molecular formula is C103H149Br6N5O6. The number of carbonyl (C=O) groups excluding carboxylic acids is 4. The van der Waals surface area contributed by atoms with E-state index in [0.717, 1.165) is 159 Å². The topological polar surface area (TPSA) is 121 Å². The third-order valence-corrected chi connectivity index (χ3v) is 24.3. The standard InChI is InChI=1S/C18H25NO.C17H23NO.C14H21NO.C13H20N2O.C9H11Br.C8H9Br.C7H7Br.C4H7Br.C4H6O.C4H8O.C3H7Br.C2H5Br/c1-13-6-7-16-17(15(13)3)14(2)12-18(20-16)8-5-10-19(4)11-9-18;1-12-5-6-15-16(14(12)3)13(2)11-17(19-15)7-4-9-18-10-8-17;1-5-15(6-2)14(16)13-9-7-12(8-10-13)11(3)4;1-5-15(6-2)13(16)12-8-7-11(9-14-12)10(3)4;10-8-4-7-9-5-2-1-3-6-9;9-7-6-8-4-2-1-3-5-8;8-6-7-4-2-1-3-5-7;2*5-3-4-1-2-4;1-4(2)3-5;1-2-3-4;1-2-3/h6-7,12H,5,8-11H2,1-4H3;5-6,11,18H,4,7-10H2,1-3H3;7-11H,5-6H2,1-4H3;7-10H,5-6H2,1-4H3;1-3,5-6H,4,7-8H2;1-5H,6-7H2;1-5H,6H2;4H,1-3H2;3-4H,1-2H2;3-4H,1-2H3;2-3H2,1H3;2H2,1H3. The number of alkyl halides is 6. The molecule has 0 bridgehead atoms. The van der Waals surface area contributed by atoms with E-state index in [-0.39, 0.29) is 28.9 Å². The number of aldehydes is 2. The van der Waals surface area contributed by atoms with Crippen LogP contribution in [0.2, 0.25) is 0 Å². The van der Waals surface area contributed by atoms with Gasteiger partial charge in [-0.15, -0.1) is 0 Å². The van der Waals surface area contributed by atoms with E-state index in [1.54, 1.807) is 11.1 Å². The van der Waals surface area contributed by atoms with Gasteiger partial charge in [0.15, 0.2) is 0 Å². The van der Waals surface area contributed by atoms with Crippen LogP contribution < -0.4 is 14.8 Å². The number of ether oxygens (including phenoxy) is 2. The Labute approximate surface area is 778 Å². The number of halogens is 6. The molecule has 17 heteroatoms. The number of carbonyl (C=O) groups is 4. The van der Waals surface area contributed by atoms with E-state index in [9.17, 15) is 19.2 Å². The van der Waals surface area contributed by atoms with Crippen molar-refractivity contribution in [1.29, 1.82) is 0 Å². The van der Waals surface area contributed by atoms with Crippen molar-refractivity contribution in [3.8, 4) is 11.5 Å². The lowest BCUT2D eigenvalue weighted by atomic mass is 9.85. The van der Waals surface area contributed by atoms with Crippen LogP contribution in [0.1, 0.15) is 268 Å². The minimum absolute atomic E-state index is 0.0142. The van der Waals surface area contributed by atoms with Crippen LogP contribution in [0.25, 0.3) is 11.1 Å². The Bertz CT molecular complexity index is 3870. The number of aryl methyl sites for hydroxylation is 4. The van der Waals surface area contributed by atoms with Crippen molar-refractivity contribution in [3.05, 3.63) is 242 Å². The molecule has 120 heavy (non-hydrogen) atoms. The summed E-state index contributed by atoms with van der Waals surface area (Å²) in [5, 5.41) is 10.00. The Morgan fingerprint density at radius 3 is 1.34 bits per heavy atom. The maximum absolute atomic E-state index is 12.0. The zero-order chi connectivity index (χ0) is 89.4. The molecule has 2 saturated carbocycles. The molecule has 11 nitrogen and oxygen atoms in total. The highest BCUT2D eigenvalue weighted by Crippen LogP contribution is 2.44. The summed E-state index contributed by atoms with van der Waals surface area (Å²) in [6, 6.07) is 51.7. The molecule has 2 atom stereocenters. The van der Waals surface area contributed by atoms with Gasteiger partial charge in [-0.1, -0.05) is 272 Å². The highest BCUT2D eigenvalue weighted by molar-refractivity contribution is 9.10. The van der Waals surface area contributed by atoms with Gasteiger partial charge < -0.3 is 39.1 Å². The fourth-order valence-electron chi connectivity index (χ4n) is 13.0. The molecule has 2 spiro atoms. The number of fused-ring (bicyclic) bond motifs is 2. The van der Waals surface area contributed by atoms with Crippen molar-refractivity contribution in [2.75, 3.05) is 86.1 Å². The minimum atomic E-state index is -0.0811. The average molecular weight is 2030 g/mol. The summed E-state index contributed by atoms with van der Waals surface area (Å²) in [7, 11) is 2.21. The average Bonchev–Trinajstić information content (AvgIpc) is 0.810. The van der Waals surface area contributed by atoms with Crippen LogP contribution in [0.3, 0.4) is 0 Å². The molecule has 1 N–H and O–H groups in total. The van der Waals surface area contributed by atoms with Crippen molar-refractivity contribution >= 4 is 131 Å². The van der Waals surface area contributed by atoms with Gasteiger partial charge in [0.05, 0.1) is 0 Å². The molecular weight excluding hydrogens is 1880 g/mol. The molecule has 2 amide bonds. The predicted octanol–water partition coefficient (Wildman–Crippen LogP) is 28.2. The van der Waals surface area contributed by atoms with Crippen LogP contribution in [0.15, 0.2) is 170 Å². The van der Waals surface area contributed by atoms with Crippen LogP contribution in [-0.2, 0) is 27.8 Å². The summed E-state index contributed by atoms with van der Waals surface area (Å²) in [5.74, 6) is 4.96. The lowest BCUT2D eigenvalue weighted by Gasteiger charge is -2.36. The number of likely N-dealkylation sites (tertiary alicyclic amines) is 1. The Kier molecular flexibility index (Phi) is 59.4. The molecule has 2 saturated heterocycles. The molecule has 13 rings (SSSR count). The van der Waals surface area contributed by atoms with E-state index in [2.05, 4.69) is 297 Å². The minimum Gasteiger partial charge on any atom is -0.482 e. The first-order valence-electron chi connectivity index (χ1n) is 44.0. The maximum Gasteiger partial charge on any atom is 0.272 e. The Balaban J connectivity index is 0.000000461. The number of aromatic nitrogens is 1. The van der Waals surface area contributed by atoms with Gasteiger partial charge in [-0.25, -0.2) is 0 Å². The number of nitrogens with one attached hydrogen (secondary N) is 1. The van der Waals surface area contributed by atoms with Crippen molar-refractivity contribution in [1.82, 2.24) is 25.0 Å². The zero-order valence-corrected chi connectivity index (χ0v) is 86.0. The highest BCUT2D eigenvalue weighted by Gasteiger charge is 2.38. The van der Waals surface area contributed by atoms with Crippen LogP contribution >= 0.6 is 95.6 Å². The lowest BCUT2D eigenvalue weighted by molar-refractivity contribution is -0.110. The molecule has 0 radical (unpaired) electrons. The number of amides is 2. The van der Waals surface area contributed by atoms with E-state index in [0.29, 0.717) is 23.4 Å². The summed E-state index contributed by atoms with van der Waals surface area (Å²) in [4.78, 5) is 53.3. The van der Waals surface area contributed by atoms with Crippen molar-refractivity contribution in [3.63, 3.8) is 0 Å². The summed E-state index contributed by atoms with van der Waals surface area (Å²) in [6.45, 7) is 45.0. The smallest absolute Gasteiger partial charge is 0.272 e. The number of benzene rings is 6. The first kappa shape index (κ1) is 111. The summed E-state index contributed by atoms with van der Waals surface area (Å²) in [5.41, 5.74) is 18.5. The molecule has 2 aliphatic carbocycles. The highest BCUT2D eigenvalue weighted by atomic mass is 79.9. The van der Waals surface area contributed by atoms with Crippen LogP contribution in [0.5, 0.6) is 11.5 Å². The molecule has 6 aromatic carbocycles. The van der Waals surface area contributed by atoms with Gasteiger partial charge in [-0.05, 0) is 294 Å². The summed E-state index contributed by atoms with van der Waals surface area (Å²) >= 11 is 19.9. The van der Waals surface area contributed by atoms with Crippen LogP contribution in [0.4, 0.5) is 0 Å². The molecule has 1 aromatic heterocycles. The second-order valence-corrected chi connectivity index (χ2v) is 36.8. The molecule has 7 aromatic rings. The predicted molar refractivity (Wildman–Crippen MR) is 539 cm³/mol. The molecule has 6 aliphatic rings. The Morgan fingerprint density at radius 2 is 0.975 bits per heavy atom. The number of hydrogen-bond donors (Lipinski definition) is 1. The van der Waals surface area contributed by atoms with Gasteiger partial charge in [0.25, 0.3) is 11.8 Å². The van der Waals surface area contributed by atoms with Gasteiger partial charge in [0.2, 0.25) is 0 Å². The lowest BCUT2D eigenvalue weighted by Crippen LogP contribution is -2.37. The van der Waals surface area contributed by atoms with Gasteiger partial charge in [-0.2, -0.15) is 0 Å². The normalized spacial score (nSPS) is 16.2. The fraction of sp³-hybridized carbons (Fsp3) is 0.524. The van der Waals surface area contributed by atoms with Gasteiger partial charge >= 0.3 is 0 Å². The molecule has 664 valence electrons. The number of allylic oxidation sites excluding steroid dienone is 2. The van der Waals surface area contributed by atoms with E-state index in [4.69, 9.17) is 9.47 Å². The number of hydrogen-bond acceptors (Lipinski definition) is 9. The van der Waals surface area contributed by atoms with Gasteiger partial charge in [-0.3, -0.25) is 14.6 Å². The third-order valence-electron chi connectivity index (χ3n) is 21.0. The zero-order valence-electron chi connectivity index (χ0n) is 76.5. The quantitative estimate of drug-likeness (QED) is 0.0661. The van der Waals surface area contributed by atoms with E-state index >= 15 is 0 Å². The van der Waals surface area contributed by atoms with E-state index in [1.165, 1.54) is 124 Å². The first-order chi connectivity index (χ1) is 57.6. The van der Waals surface area contributed by atoms with Crippen LogP contribution in [0, 0.1) is 45.4 Å². The molecule has 5 heterocycles. The SMILES string of the molecule is BrCC1CC1.BrCCCc1ccccc1.BrCCc1ccccc1.BrCc1ccccc1.CC(C)C=O.CC1=CC2(CCCN(C)CC2)Oc2ccc(C)c(C)c21.CC1=CC2(CCCNCC2)Oc2ccc(C)c(C)c21.CCBr.CCCBr.CCN(CC)C(=O)c1ccc(C(C)C)cc1.CCN(CC)C(=O)c1ccc(C(C)C)cn1.O=CC1CC1. The summed E-state index contributed by atoms with van der Waals surface area (Å²) < 4.78 is 12.9. The second kappa shape index (κ2) is 64.4. The number of rotatable bonds is 18. The Morgan fingerprint density at radius 1 is 0.525 bits per heavy atom.